The van der Waals surface area contributed by atoms with Crippen molar-refractivity contribution in [1.29, 1.82) is 0 Å². The zero-order chi connectivity index (χ0) is 18.7. The molecule has 3 aromatic rings. The number of aromatic hydroxyl groups is 1. The molecule has 26 heavy (non-hydrogen) atoms. The van der Waals surface area contributed by atoms with E-state index in [2.05, 4.69) is 4.98 Å². The number of fused-ring (bicyclic) bond motifs is 1. The first-order valence-electron chi connectivity index (χ1n) is 7.96. The second kappa shape index (κ2) is 7.26. The lowest BCUT2D eigenvalue weighted by Gasteiger charge is -2.19. The van der Waals surface area contributed by atoms with Crippen LogP contribution < -0.4 is 10.3 Å². The maximum atomic E-state index is 13.0. The number of hydrogen-bond donors (Lipinski definition) is 1. The van der Waals surface area contributed by atoms with Crippen LogP contribution in [0, 0.1) is 0 Å². The molecule has 0 aliphatic rings. The van der Waals surface area contributed by atoms with Crippen LogP contribution in [0.25, 0.3) is 5.65 Å². The highest BCUT2D eigenvalue weighted by atomic mass is 16.5. The van der Waals surface area contributed by atoms with Crippen LogP contribution >= 0.6 is 0 Å². The van der Waals surface area contributed by atoms with Gasteiger partial charge < -0.3 is 14.6 Å². The predicted octanol–water partition coefficient (Wildman–Crippen LogP) is 2.10. The van der Waals surface area contributed by atoms with Crippen molar-refractivity contribution in [2.24, 2.45) is 0 Å². The number of pyridine rings is 1. The maximum absolute atomic E-state index is 13.0. The third-order valence-electron chi connectivity index (χ3n) is 4.21. The van der Waals surface area contributed by atoms with Crippen LogP contribution in [0.3, 0.4) is 0 Å². The van der Waals surface area contributed by atoms with E-state index in [0.29, 0.717) is 17.0 Å². The van der Waals surface area contributed by atoms with Gasteiger partial charge in [0.05, 0.1) is 26.2 Å². The zero-order valence-electron chi connectivity index (χ0n) is 14.4. The quantitative estimate of drug-likeness (QED) is 0.706. The van der Waals surface area contributed by atoms with Gasteiger partial charge in [-0.3, -0.25) is 14.0 Å². The molecule has 2 heterocycles. The molecule has 134 valence electrons. The molecular formula is C19H18N2O5. The second-order valence-electron chi connectivity index (χ2n) is 5.66. The standard InChI is InChI=1S/C19H18N2O5/c1-25-14-8-4-3-7-12(14)13(11-16(22)26-2)17-18(23)20-15-9-5-6-10-21(15)19(17)24/h3-10,13,23H,11H2,1-2H3/t13-/m0/s1. The normalized spacial score (nSPS) is 11.9. The van der Waals surface area contributed by atoms with Crippen molar-refractivity contribution in [3.8, 4) is 11.6 Å². The summed E-state index contributed by atoms with van der Waals surface area (Å²) in [4.78, 5) is 29.1. The maximum Gasteiger partial charge on any atom is 0.306 e. The predicted molar refractivity (Wildman–Crippen MR) is 94.6 cm³/mol. The van der Waals surface area contributed by atoms with E-state index in [-0.39, 0.29) is 12.0 Å². The number of carbonyl (C=O) groups is 1. The van der Waals surface area contributed by atoms with Crippen LogP contribution in [0.15, 0.2) is 53.5 Å². The van der Waals surface area contributed by atoms with Crippen molar-refractivity contribution in [2.75, 3.05) is 14.2 Å². The molecule has 0 unspecified atom stereocenters. The average molecular weight is 354 g/mol. The molecule has 0 amide bonds. The Balaban J connectivity index is 2.27. The zero-order valence-corrected chi connectivity index (χ0v) is 14.4. The van der Waals surface area contributed by atoms with Gasteiger partial charge in [-0.2, -0.15) is 4.98 Å². The molecule has 3 rings (SSSR count). The highest BCUT2D eigenvalue weighted by molar-refractivity contribution is 5.72. The van der Waals surface area contributed by atoms with Gasteiger partial charge in [-0.05, 0) is 18.2 Å². The minimum Gasteiger partial charge on any atom is -0.496 e. The molecule has 1 N–H and O–H groups in total. The van der Waals surface area contributed by atoms with Gasteiger partial charge in [0.15, 0.2) is 0 Å². The molecule has 0 aliphatic heterocycles. The first kappa shape index (κ1) is 17.5. The average Bonchev–Trinajstić information content (AvgIpc) is 2.67. The van der Waals surface area contributed by atoms with Crippen molar-refractivity contribution in [1.82, 2.24) is 9.38 Å². The molecule has 1 atom stereocenters. The van der Waals surface area contributed by atoms with Crippen molar-refractivity contribution < 1.29 is 19.4 Å². The Kier molecular flexibility index (Phi) is 4.88. The van der Waals surface area contributed by atoms with Gasteiger partial charge in [-0.15, -0.1) is 0 Å². The van der Waals surface area contributed by atoms with Gasteiger partial charge >= 0.3 is 5.97 Å². The van der Waals surface area contributed by atoms with E-state index in [0.717, 1.165) is 0 Å². The molecule has 0 bridgehead atoms. The molecule has 2 aromatic heterocycles. The van der Waals surface area contributed by atoms with Crippen LogP contribution in [-0.4, -0.2) is 34.7 Å². The Morgan fingerprint density at radius 3 is 2.65 bits per heavy atom. The third-order valence-corrected chi connectivity index (χ3v) is 4.21. The van der Waals surface area contributed by atoms with Crippen LogP contribution in [-0.2, 0) is 9.53 Å². The fourth-order valence-corrected chi connectivity index (χ4v) is 2.97. The van der Waals surface area contributed by atoms with Gasteiger partial charge in [-0.25, -0.2) is 0 Å². The summed E-state index contributed by atoms with van der Waals surface area (Å²) in [6, 6.07) is 12.0. The van der Waals surface area contributed by atoms with Crippen molar-refractivity contribution >= 4 is 11.6 Å². The lowest BCUT2D eigenvalue weighted by atomic mass is 9.89. The summed E-state index contributed by atoms with van der Waals surface area (Å²) in [7, 11) is 2.77. The summed E-state index contributed by atoms with van der Waals surface area (Å²) in [5.74, 6) is -1.20. The summed E-state index contributed by atoms with van der Waals surface area (Å²) < 4.78 is 11.5. The molecule has 0 spiro atoms. The minimum atomic E-state index is -0.768. The van der Waals surface area contributed by atoms with Gasteiger partial charge in [0.2, 0.25) is 5.88 Å². The number of nitrogens with zero attached hydrogens (tertiary/aromatic N) is 2. The Bertz CT molecular complexity index is 1010. The first-order valence-corrected chi connectivity index (χ1v) is 7.96. The number of carbonyl (C=O) groups excluding carboxylic acids is 1. The Labute approximate surface area is 149 Å². The van der Waals surface area contributed by atoms with E-state index in [1.165, 1.54) is 18.6 Å². The van der Waals surface area contributed by atoms with E-state index in [1.54, 1.807) is 48.7 Å². The van der Waals surface area contributed by atoms with E-state index in [1.807, 2.05) is 0 Å². The van der Waals surface area contributed by atoms with Crippen LogP contribution in [0.4, 0.5) is 0 Å². The van der Waals surface area contributed by atoms with Crippen molar-refractivity contribution in [3.63, 3.8) is 0 Å². The van der Waals surface area contributed by atoms with E-state index in [9.17, 15) is 14.7 Å². The Hall–Kier alpha value is -3.35. The van der Waals surface area contributed by atoms with E-state index < -0.39 is 23.3 Å². The van der Waals surface area contributed by atoms with Crippen molar-refractivity contribution in [2.45, 2.75) is 12.3 Å². The lowest BCUT2D eigenvalue weighted by Crippen LogP contribution is -2.24. The Morgan fingerprint density at radius 2 is 1.92 bits per heavy atom. The minimum absolute atomic E-state index is 0.0172. The number of ether oxygens (including phenoxy) is 2. The number of methoxy groups -OCH3 is 2. The van der Waals surface area contributed by atoms with Crippen LogP contribution in [0.5, 0.6) is 11.6 Å². The first-order chi connectivity index (χ1) is 12.6. The molecule has 0 fully saturated rings. The monoisotopic (exact) mass is 354 g/mol. The number of benzene rings is 1. The molecule has 0 saturated carbocycles. The smallest absolute Gasteiger partial charge is 0.306 e. The molecule has 0 radical (unpaired) electrons. The summed E-state index contributed by atoms with van der Waals surface area (Å²) in [6.07, 6.45) is 1.42. The molecule has 7 heteroatoms. The lowest BCUT2D eigenvalue weighted by molar-refractivity contribution is -0.140. The van der Waals surface area contributed by atoms with E-state index in [4.69, 9.17) is 9.47 Å². The van der Waals surface area contributed by atoms with Gasteiger partial charge in [0.25, 0.3) is 5.56 Å². The fraction of sp³-hybridized carbons (Fsp3) is 0.211. The van der Waals surface area contributed by atoms with E-state index >= 15 is 0 Å². The number of esters is 1. The van der Waals surface area contributed by atoms with Gasteiger partial charge in [0.1, 0.15) is 11.4 Å². The number of aromatic nitrogens is 2. The van der Waals surface area contributed by atoms with Gasteiger partial charge in [-0.1, -0.05) is 24.3 Å². The summed E-state index contributed by atoms with van der Waals surface area (Å²) in [6.45, 7) is 0. The SMILES string of the molecule is COC(=O)C[C@@H](c1ccccc1OC)c1c(O)nc2ccccn2c1=O. The molecule has 7 nitrogen and oxygen atoms in total. The summed E-state index contributed by atoms with van der Waals surface area (Å²) in [5, 5.41) is 10.5. The topological polar surface area (TPSA) is 90.1 Å². The second-order valence-corrected chi connectivity index (χ2v) is 5.66. The highest BCUT2D eigenvalue weighted by Gasteiger charge is 2.28. The number of rotatable bonds is 5. The largest absolute Gasteiger partial charge is 0.496 e. The summed E-state index contributed by atoms with van der Waals surface area (Å²) >= 11 is 0. The molecule has 0 aliphatic carbocycles. The van der Waals surface area contributed by atoms with Gasteiger partial charge in [0, 0.05) is 17.7 Å². The number of para-hydroxylation sites is 1. The molecule has 0 saturated heterocycles. The summed E-state index contributed by atoms with van der Waals surface area (Å²) in [5.41, 5.74) is 0.470. The van der Waals surface area contributed by atoms with Crippen molar-refractivity contribution in [3.05, 3.63) is 70.1 Å². The van der Waals surface area contributed by atoms with Crippen LogP contribution in [0.1, 0.15) is 23.5 Å². The molecule has 1 aromatic carbocycles. The molecular weight excluding hydrogens is 336 g/mol. The number of hydrogen-bond acceptors (Lipinski definition) is 6. The Morgan fingerprint density at radius 1 is 1.19 bits per heavy atom. The highest BCUT2D eigenvalue weighted by Crippen LogP contribution is 2.36. The third kappa shape index (κ3) is 3.11. The van der Waals surface area contributed by atoms with Crippen LogP contribution in [0.2, 0.25) is 0 Å². The fourth-order valence-electron chi connectivity index (χ4n) is 2.97.